The Hall–Kier alpha value is -1.81. The standard InChI is InChI=1S/C14H18O4/c1-4-11-6-7-12(14(16)17-5-2)13(8-11)18-9-10(3)15/h4,6-8,10,15H,1,5,9H2,2-3H3. The molecule has 98 valence electrons. The van der Waals surface area contributed by atoms with Crippen LogP contribution in [-0.4, -0.2) is 30.4 Å². The van der Waals surface area contributed by atoms with Crippen LogP contribution in [0, 0.1) is 0 Å². The summed E-state index contributed by atoms with van der Waals surface area (Å²) in [6.45, 7) is 7.43. The molecule has 0 amide bonds. The van der Waals surface area contributed by atoms with Gasteiger partial charge in [0.1, 0.15) is 17.9 Å². The minimum absolute atomic E-state index is 0.118. The zero-order chi connectivity index (χ0) is 13.5. The number of rotatable bonds is 6. The molecule has 0 fully saturated rings. The van der Waals surface area contributed by atoms with Gasteiger partial charge < -0.3 is 14.6 Å². The highest BCUT2D eigenvalue weighted by atomic mass is 16.5. The van der Waals surface area contributed by atoms with Crippen LogP contribution >= 0.6 is 0 Å². The van der Waals surface area contributed by atoms with Gasteiger partial charge in [-0.3, -0.25) is 0 Å². The highest BCUT2D eigenvalue weighted by Gasteiger charge is 2.14. The summed E-state index contributed by atoms with van der Waals surface area (Å²) in [6.07, 6.45) is 1.05. The van der Waals surface area contributed by atoms with Gasteiger partial charge in [0, 0.05) is 0 Å². The highest BCUT2D eigenvalue weighted by molar-refractivity contribution is 5.92. The topological polar surface area (TPSA) is 55.8 Å². The molecule has 0 aromatic heterocycles. The highest BCUT2D eigenvalue weighted by Crippen LogP contribution is 2.22. The molecular weight excluding hydrogens is 232 g/mol. The lowest BCUT2D eigenvalue weighted by Gasteiger charge is -2.12. The predicted octanol–water partition coefficient (Wildman–Crippen LogP) is 2.27. The lowest BCUT2D eigenvalue weighted by atomic mass is 10.1. The molecule has 4 nitrogen and oxygen atoms in total. The molecule has 0 spiro atoms. The van der Waals surface area contributed by atoms with E-state index in [1.54, 1.807) is 38.1 Å². The van der Waals surface area contributed by atoms with Gasteiger partial charge in [-0.05, 0) is 31.5 Å². The lowest BCUT2D eigenvalue weighted by Crippen LogP contribution is -2.15. The van der Waals surface area contributed by atoms with E-state index in [-0.39, 0.29) is 6.61 Å². The Bertz CT molecular complexity index is 424. The van der Waals surface area contributed by atoms with Crippen molar-refractivity contribution in [3.05, 3.63) is 35.9 Å². The molecule has 0 saturated carbocycles. The fourth-order valence-corrected chi connectivity index (χ4v) is 1.37. The molecule has 0 heterocycles. The van der Waals surface area contributed by atoms with Gasteiger partial charge in [0.25, 0.3) is 0 Å². The van der Waals surface area contributed by atoms with E-state index < -0.39 is 12.1 Å². The summed E-state index contributed by atoms with van der Waals surface area (Å²) in [4.78, 5) is 11.7. The molecule has 1 rings (SSSR count). The average molecular weight is 250 g/mol. The fraction of sp³-hybridized carbons (Fsp3) is 0.357. The van der Waals surface area contributed by atoms with Gasteiger partial charge in [-0.25, -0.2) is 4.79 Å². The summed E-state index contributed by atoms with van der Waals surface area (Å²) in [5.74, 6) is -0.0412. The summed E-state index contributed by atoms with van der Waals surface area (Å²) >= 11 is 0. The molecule has 0 bridgehead atoms. The third kappa shape index (κ3) is 3.89. The summed E-state index contributed by atoms with van der Waals surface area (Å²) in [5, 5.41) is 9.21. The lowest BCUT2D eigenvalue weighted by molar-refractivity contribution is 0.0517. The van der Waals surface area contributed by atoms with Gasteiger partial charge in [-0.2, -0.15) is 0 Å². The van der Waals surface area contributed by atoms with Crippen molar-refractivity contribution in [2.45, 2.75) is 20.0 Å². The van der Waals surface area contributed by atoms with Crippen LogP contribution in [0.4, 0.5) is 0 Å². The normalized spacial score (nSPS) is 11.7. The Morgan fingerprint density at radius 1 is 1.56 bits per heavy atom. The van der Waals surface area contributed by atoms with E-state index in [9.17, 15) is 9.90 Å². The first kappa shape index (κ1) is 14.3. The molecule has 0 saturated heterocycles. The molecule has 0 radical (unpaired) electrons. The van der Waals surface area contributed by atoms with E-state index in [0.29, 0.717) is 17.9 Å². The van der Waals surface area contributed by atoms with Crippen molar-refractivity contribution in [3.8, 4) is 5.75 Å². The average Bonchev–Trinajstić information content (AvgIpc) is 2.36. The zero-order valence-corrected chi connectivity index (χ0v) is 10.7. The molecule has 0 aliphatic carbocycles. The number of carbonyl (C=O) groups excluding carboxylic acids is 1. The Balaban J connectivity index is 2.99. The van der Waals surface area contributed by atoms with Crippen molar-refractivity contribution >= 4 is 12.0 Å². The van der Waals surface area contributed by atoms with Crippen LogP contribution in [0.2, 0.25) is 0 Å². The van der Waals surface area contributed by atoms with Crippen LogP contribution in [0.15, 0.2) is 24.8 Å². The molecule has 1 N–H and O–H groups in total. The summed E-state index contributed by atoms with van der Waals surface area (Å²) in [5.41, 5.74) is 1.19. The second kappa shape index (κ2) is 6.81. The van der Waals surface area contributed by atoms with Crippen LogP contribution in [-0.2, 0) is 4.74 Å². The Kier molecular flexibility index (Phi) is 5.39. The van der Waals surface area contributed by atoms with Crippen molar-refractivity contribution in [3.63, 3.8) is 0 Å². The molecule has 0 aliphatic heterocycles. The number of aliphatic hydroxyl groups is 1. The maximum Gasteiger partial charge on any atom is 0.341 e. The summed E-state index contributed by atoms with van der Waals surface area (Å²) in [7, 11) is 0. The van der Waals surface area contributed by atoms with E-state index in [1.165, 1.54) is 0 Å². The zero-order valence-electron chi connectivity index (χ0n) is 10.7. The number of benzene rings is 1. The maximum atomic E-state index is 11.7. The fourth-order valence-electron chi connectivity index (χ4n) is 1.37. The van der Waals surface area contributed by atoms with Gasteiger partial charge in [-0.15, -0.1) is 0 Å². The van der Waals surface area contributed by atoms with Crippen molar-refractivity contribution in [1.82, 2.24) is 0 Å². The largest absolute Gasteiger partial charge is 0.490 e. The summed E-state index contributed by atoms with van der Waals surface area (Å²) in [6, 6.07) is 5.09. The van der Waals surface area contributed by atoms with Crippen molar-refractivity contribution < 1.29 is 19.4 Å². The van der Waals surface area contributed by atoms with Crippen LogP contribution in [0.25, 0.3) is 6.08 Å². The van der Waals surface area contributed by atoms with Gasteiger partial charge in [0.2, 0.25) is 0 Å². The first-order valence-electron chi connectivity index (χ1n) is 5.83. The van der Waals surface area contributed by atoms with E-state index in [4.69, 9.17) is 9.47 Å². The van der Waals surface area contributed by atoms with Crippen molar-refractivity contribution in [1.29, 1.82) is 0 Å². The Morgan fingerprint density at radius 3 is 2.83 bits per heavy atom. The van der Waals surface area contributed by atoms with E-state index >= 15 is 0 Å². The molecule has 18 heavy (non-hydrogen) atoms. The monoisotopic (exact) mass is 250 g/mol. The first-order valence-corrected chi connectivity index (χ1v) is 5.83. The molecule has 1 unspecified atom stereocenters. The van der Waals surface area contributed by atoms with Crippen molar-refractivity contribution in [2.24, 2.45) is 0 Å². The van der Waals surface area contributed by atoms with Crippen LogP contribution in [0.3, 0.4) is 0 Å². The van der Waals surface area contributed by atoms with Gasteiger partial charge in [-0.1, -0.05) is 18.7 Å². The van der Waals surface area contributed by atoms with E-state index in [1.807, 2.05) is 0 Å². The third-order valence-electron chi connectivity index (χ3n) is 2.22. The molecule has 4 heteroatoms. The number of hydrogen-bond acceptors (Lipinski definition) is 4. The number of hydrogen-bond donors (Lipinski definition) is 1. The van der Waals surface area contributed by atoms with Crippen LogP contribution in [0.5, 0.6) is 5.75 Å². The first-order chi connectivity index (χ1) is 8.58. The summed E-state index contributed by atoms with van der Waals surface area (Å²) < 4.78 is 10.4. The smallest absolute Gasteiger partial charge is 0.341 e. The van der Waals surface area contributed by atoms with E-state index in [2.05, 4.69) is 6.58 Å². The maximum absolute atomic E-state index is 11.7. The Labute approximate surface area is 107 Å². The molecule has 1 aromatic rings. The van der Waals surface area contributed by atoms with Crippen LogP contribution < -0.4 is 4.74 Å². The molecule has 1 aromatic carbocycles. The minimum atomic E-state index is -0.604. The Morgan fingerprint density at radius 2 is 2.28 bits per heavy atom. The quantitative estimate of drug-likeness (QED) is 0.787. The second-order valence-corrected chi connectivity index (χ2v) is 3.84. The van der Waals surface area contributed by atoms with Gasteiger partial charge >= 0.3 is 5.97 Å². The van der Waals surface area contributed by atoms with E-state index in [0.717, 1.165) is 5.56 Å². The van der Waals surface area contributed by atoms with Gasteiger partial charge in [0.15, 0.2) is 0 Å². The van der Waals surface area contributed by atoms with Gasteiger partial charge in [0.05, 0.1) is 12.7 Å². The number of esters is 1. The second-order valence-electron chi connectivity index (χ2n) is 3.84. The third-order valence-corrected chi connectivity index (χ3v) is 2.22. The number of ether oxygens (including phenoxy) is 2. The van der Waals surface area contributed by atoms with Crippen LogP contribution in [0.1, 0.15) is 29.8 Å². The SMILES string of the molecule is C=Cc1ccc(C(=O)OCC)c(OCC(C)O)c1. The number of aliphatic hydroxyl groups excluding tert-OH is 1. The van der Waals surface area contributed by atoms with Crippen molar-refractivity contribution in [2.75, 3.05) is 13.2 Å². The molecular formula is C14H18O4. The predicted molar refractivity (Wildman–Crippen MR) is 69.7 cm³/mol. The molecule has 0 aliphatic rings. The molecule has 1 atom stereocenters. The number of carbonyl (C=O) groups is 1. The minimum Gasteiger partial charge on any atom is -0.490 e.